The SMILES string of the molecule is CCOc1cccc(N(N)c2cccc(OCC)c2)c1. The van der Waals surface area contributed by atoms with Gasteiger partial charge in [0.05, 0.1) is 24.6 Å². The molecule has 106 valence electrons. The molecule has 0 unspecified atom stereocenters. The molecule has 2 aromatic rings. The molecule has 0 aromatic heterocycles. The van der Waals surface area contributed by atoms with Crippen LogP contribution in [0.4, 0.5) is 11.4 Å². The average molecular weight is 272 g/mol. The molecule has 0 amide bonds. The van der Waals surface area contributed by atoms with Crippen LogP contribution < -0.4 is 20.3 Å². The van der Waals surface area contributed by atoms with E-state index in [9.17, 15) is 0 Å². The van der Waals surface area contributed by atoms with Crippen molar-refractivity contribution in [3.8, 4) is 11.5 Å². The third-order valence-corrected chi connectivity index (χ3v) is 2.81. The molecule has 4 nitrogen and oxygen atoms in total. The number of nitrogens with two attached hydrogens (primary N) is 1. The Bertz CT molecular complexity index is 508. The van der Waals surface area contributed by atoms with E-state index in [1.807, 2.05) is 62.4 Å². The first-order valence-corrected chi connectivity index (χ1v) is 6.75. The maximum Gasteiger partial charge on any atom is 0.121 e. The monoisotopic (exact) mass is 272 g/mol. The number of hydrogen-bond donors (Lipinski definition) is 1. The van der Waals surface area contributed by atoms with Crippen LogP contribution in [0.15, 0.2) is 48.5 Å². The van der Waals surface area contributed by atoms with Gasteiger partial charge in [-0.3, -0.25) is 5.01 Å². The summed E-state index contributed by atoms with van der Waals surface area (Å²) in [6.45, 7) is 5.18. The summed E-state index contributed by atoms with van der Waals surface area (Å²) in [5, 5.41) is 1.62. The van der Waals surface area contributed by atoms with Gasteiger partial charge in [0, 0.05) is 12.1 Å². The summed E-state index contributed by atoms with van der Waals surface area (Å²) in [4.78, 5) is 0. The predicted octanol–water partition coefficient (Wildman–Crippen LogP) is 3.50. The molecule has 2 aromatic carbocycles. The average Bonchev–Trinajstić information content (AvgIpc) is 2.48. The molecule has 0 saturated carbocycles. The zero-order valence-corrected chi connectivity index (χ0v) is 11.9. The van der Waals surface area contributed by atoms with Crippen LogP contribution in [-0.2, 0) is 0 Å². The van der Waals surface area contributed by atoms with Gasteiger partial charge >= 0.3 is 0 Å². The van der Waals surface area contributed by atoms with E-state index in [-0.39, 0.29) is 0 Å². The summed E-state index contributed by atoms with van der Waals surface area (Å²) < 4.78 is 11.0. The van der Waals surface area contributed by atoms with Crippen molar-refractivity contribution in [1.29, 1.82) is 0 Å². The molecule has 0 radical (unpaired) electrons. The summed E-state index contributed by atoms with van der Waals surface area (Å²) in [5.74, 6) is 7.78. The number of nitrogens with zero attached hydrogens (tertiary/aromatic N) is 1. The predicted molar refractivity (Wildman–Crippen MR) is 81.5 cm³/mol. The van der Waals surface area contributed by atoms with E-state index in [1.54, 1.807) is 5.01 Å². The van der Waals surface area contributed by atoms with E-state index in [0.717, 1.165) is 22.9 Å². The third-order valence-electron chi connectivity index (χ3n) is 2.81. The van der Waals surface area contributed by atoms with Crippen LogP contribution in [-0.4, -0.2) is 13.2 Å². The summed E-state index contributed by atoms with van der Waals surface area (Å²) in [6, 6.07) is 15.4. The maximum atomic E-state index is 6.17. The smallest absolute Gasteiger partial charge is 0.121 e. The second kappa shape index (κ2) is 6.82. The molecular formula is C16H20N2O2. The van der Waals surface area contributed by atoms with Crippen molar-refractivity contribution in [1.82, 2.24) is 0 Å². The normalized spacial score (nSPS) is 10.2. The lowest BCUT2D eigenvalue weighted by atomic mass is 10.2. The van der Waals surface area contributed by atoms with Crippen LogP contribution in [0, 0.1) is 0 Å². The molecule has 0 aliphatic carbocycles. The first kappa shape index (κ1) is 14.2. The zero-order chi connectivity index (χ0) is 14.4. The fraction of sp³-hybridized carbons (Fsp3) is 0.250. The Kier molecular flexibility index (Phi) is 4.85. The summed E-state index contributed by atoms with van der Waals surface area (Å²) in [7, 11) is 0. The summed E-state index contributed by atoms with van der Waals surface area (Å²) >= 11 is 0. The standard InChI is InChI=1S/C16H20N2O2/c1-3-19-15-9-5-7-13(11-15)18(17)14-8-6-10-16(12-14)20-4-2/h5-12H,3-4,17H2,1-2H3. The second-order valence-corrected chi connectivity index (χ2v) is 4.23. The van der Waals surface area contributed by atoms with Crippen LogP contribution >= 0.6 is 0 Å². The van der Waals surface area contributed by atoms with Gasteiger partial charge in [-0.05, 0) is 38.1 Å². The van der Waals surface area contributed by atoms with Crippen molar-refractivity contribution in [2.24, 2.45) is 5.84 Å². The van der Waals surface area contributed by atoms with Gasteiger partial charge in [-0.2, -0.15) is 0 Å². The van der Waals surface area contributed by atoms with Crippen LogP contribution in [0.2, 0.25) is 0 Å². The second-order valence-electron chi connectivity index (χ2n) is 4.23. The molecule has 0 bridgehead atoms. The van der Waals surface area contributed by atoms with Crippen molar-refractivity contribution in [3.63, 3.8) is 0 Å². The fourth-order valence-electron chi connectivity index (χ4n) is 1.93. The molecule has 0 saturated heterocycles. The molecule has 0 aliphatic heterocycles. The molecule has 0 fully saturated rings. The van der Waals surface area contributed by atoms with Crippen molar-refractivity contribution in [2.75, 3.05) is 18.2 Å². The third kappa shape index (κ3) is 3.42. The molecule has 0 spiro atoms. The van der Waals surface area contributed by atoms with Crippen molar-refractivity contribution >= 4 is 11.4 Å². The molecule has 2 rings (SSSR count). The molecule has 20 heavy (non-hydrogen) atoms. The number of rotatable bonds is 6. The van der Waals surface area contributed by atoms with Crippen LogP contribution in [0.5, 0.6) is 11.5 Å². The lowest BCUT2D eigenvalue weighted by Crippen LogP contribution is -2.24. The van der Waals surface area contributed by atoms with Crippen LogP contribution in [0.3, 0.4) is 0 Å². The van der Waals surface area contributed by atoms with Crippen LogP contribution in [0.25, 0.3) is 0 Å². The Hall–Kier alpha value is -2.20. The first-order valence-electron chi connectivity index (χ1n) is 6.75. The largest absolute Gasteiger partial charge is 0.494 e. The number of hydrazine groups is 1. The highest BCUT2D eigenvalue weighted by molar-refractivity contribution is 5.64. The van der Waals surface area contributed by atoms with Crippen LogP contribution in [0.1, 0.15) is 13.8 Å². The molecule has 0 aliphatic rings. The maximum absolute atomic E-state index is 6.17. The number of anilines is 2. The van der Waals surface area contributed by atoms with Gasteiger partial charge in [0.1, 0.15) is 11.5 Å². The molecule has 4 heteroatoms. The minimum atomic E-state index is 0.633. The van der Waals surface area contributed by atoms with E-state index in [4.69, 9.17) is 15.3 Å². The van der Waals surface area contributed by atoms with Gasteiger partial charge in [-0.1, -0.05) is 12.1 Å². The van der Waals surface area contributed by atoms with Gasteiger partial charge in [-0.15, -0.1) is 0 Å². The van der Waals surface area contributed by atoms with Gasteiger partial charge in [0.15, 0.2) is 0 Å². The lowest BCUT2D eigenvalue weighted by Gasteiger charge is -2.20. The number of ether oxygens (including phenoxy) is 2. The molecule has 2 N–H and O–H groups in total. The quantitative estimate of drug-likeness (QED) is 0.646. The topological polar surface area (TPSA) is 47.7 Å². The van der Waals surface area contributed by atoms with Crippen molar-refractivity contribution < 1.29 is 9.47 Å². The Morgan fingerprint density at radius 1 is 0.850 bits per heavy atom. The summed E-state index contributed by atoms with van der Waals surface area (Å²) in [5.41, 5.74) is 1.73. The van der Waals surface area contributed by atoms with E-state index < -0.39 is 0 Å². The van der Waals surface area contributed by atoms with Crippen molar-refractivity contribution in [3.05, 3.63) is 48.5 Å². The summed E-state index contributed by atoms with van der Waals surface area (Å²) in [6.07, 6.45) is 0. The molecule has 0 atom stereocenters. The Morgan fingerprint density at radius 2 is 1.30 bits per heavy atom. The Morgan fingerprint density at radius 3 is 1.70 bits per heavy atom. The Labute approximate surface area is 119 Å². The highest BCUT2D eigenvalue weighted by Crippen LogP contribution is 2.27. The minimum Gasteiger partial charge on any atom is -0.494 e. The van der Waals surface area contributed by atoms with E-state index >= 15 is 0 Å². The van der Waals surface area contributed by atoms with E-state index in [2.05, 4.69) is 0 Å². The molecule has 0 heterocycles. The fourth-order valence-corrected chi connectivity index (χ4v) is 1.93. The van der Waals surface area contributed by atoms with Gasteiger partial charge < -0.3 is 9.47 Å². The zero-order valence-electron chi connectivity index (χ0n) is 11.9. The van der Waals surface area contributed by atoms with E-state index in [1.165, 1.54) is 0 Å². The van der Waals surface area contributed by atoms with E-state index in [0.29, 0.717) is 13.2 Å². The van der Waals surface area contributed by atoms with Gasteiger partial charge in [0.2, 0.25) is 0 Å². The highest BCUT2D eigenvalue weighted by atomic mass is 16.5. The van der Waals surface area contributed by atoms with Crippen molar-refractivity contribution in [2.45, 2.75) is 13.8 Å². The number of hydrogen-bond acceptors (Lipinski definition) is 4. The Balaban J connectivity index is 2.23. The number of benzene rings is 2. The minimum absolute atomic E-state index is 0.633. The molecular weight excluding hydrogens is 252 g/mol. The first-order chi connectivity index (χ1) is 9.74. The van der Waals surface area contributed by atoms with Gasteiger partial charge in [-0.25, -0.2) is 5.84 Å². The lowest BCUT2D eigenvalue weighted by molar-refractivity contribution is 0.340. The highest BCUT2D eigenvalue weighted by Gasteiger charge is 2.07. The van der Waals surface area contributed by atoms with Gasteiger partial charge in [0.25, 0.3) is 0 Å².